The molecular weight excluding hydrogens is 246 g/mol. The summed E-state index contributed by atoms with van der Waals surface area (Å²) in [5.74, 6) is 1.00. The Bertz CT molecular complexity index is 507. The highest BCUT2D eigenvalue weighted by molar-refractivity contribution is 5.80. The lowest BCUT2D eigenvalue weighted by molar-refractivity contribution is -0.134. The second-order valence-corrected chi connectivity index (χ2v) is 7.78. The van der Waals surface area contributed by atoms with Crippen molar-refractivity contribution in [3.63, 3.8) is 0 Å². The zero-order valence-corrected chi connectivity index (χ0v) is 12.9. The minimum Gasteiger partial charge on any atom is -0.337 e. The van der Waals surface area contributed by atoms with Crippen LogP contribution < -0.4 is 0 Å². The average Bonchev–Trinajstić information content (AvgIpc) is 2.59. The molecule has 1 heterocycles. The third-order valence-electron chi connectivity index (χ3n) is 5.02. The molecule has 2 aliphatic rings. The number of likely N-dealkylation sites (tertiary alicyclic amines) is 1. The highest BCUT2D eigenvalue weighted by atomic mass is 16.2. The number of carbonyl (C=O) groups is 1. The van der Waals surface area contributed by atoms with Crippen LogP contribution in [0.25, 0.3) is 0 Å². The SMILES string of the molecule is CC1(C)C[C@@H]2CN(C(=O)Cc3ccccc3)[C@@](C)(C2)C1. The van der Waals surface area contributed by atoms with E-state index in [1.165, 1.54) is 12.8 Å². The van der Waals surface area contributed by atoms with E-state index in [0.29, 0.717) is 23.7 Å². The van der Waals surface area contributed by atoms with E-state index in [9.17, 15) is 4.79 Å². The van der Waals surface area contributed by atoms with Gasteiger partial charge in [0.15, 0.2) is 0 Å². The normalized spacial score (nSPS) is 31.4. The van der Waals surface area contributed by atoms with Gasteiger partial charge in [0.05, 0.1) is 6.42 Å². The molecule has 2 heteroatoms. The first-order valence-electron chi connectivity index (χ1n) is 7.72. The van der Waals surface area contributed by atoms with Gasteiger partial charge in [-0.3, -0.25) is 4.79 Å². The molecule has 1 saturated heterocycles. The van der Waals surface area contributed by atoms with E-state index in [1.54, 1.807) is 0 Å². The molecule has 2 bridgehead atoms. The Balaban J connectivity index is 1.76. The summed E-state index contributed by atoms with van der Waals surface area (Å²) >= 11 is 0. The summed E-state index contributed by atoms with van der Waals surface area (Å²) in [6, 6.07) is 10.1. The van der Waals surface area contributed by atoms with Gasteiger partial charge in [-0.1, -0.05) is 44.2 Å². The third-order valence-corrected chi connectivity index (χ3v) is 5.02. The third kappa shape index (κ3) is 2.48. The minimum absolute atomic E-state index is 0.0816. The van der Waals surface area contributed by atoms with Gasteiger partial charge in [0.1, 0.15) is 0 Å². The highest BCUT2D eigenvalue weighted by Crippen LogP contribution is 2.51. The number of fused-ring (bicyclic) bond motifs is 2. The van der Waals surface area contributed by atoms with Crippen LogP contribution in [0.3, 0.4) is 0 Å². The molecule has 2 atom stereocenters. The van der Waals surface area contributed by atoms with Gasteiger partial charge in [0.25, 0.3) is 0 Å². The van der Waals surface area contributed by atoms with Crippen LogP contribution in [-0.4, -0.2) is 22.9 Å². The van der Waals surface area contributed by atoms with Crippen LogP contribution in [0.4, 0.5) is 0 Å². The van der Waals surface area contributed by atoms with Gasteiger partial charge < -0.3 is 4.90 Å². The summed E-state index contributed by atoms with van der Waals surface area (Å²) in [7, 11) is 0. The predicted molar refractivity (Wildman–Crippen MR) is 81.4 cm³/mol. The van der Waals surface area contributed by atoms with Crippen LogP contribution in [0.15, 0.2) is 30.3 Å². The maximum atomic E-state index is 12.7. The molecule has 1 saturated carbocycles. The lowest BCUT2D eigenvalue weighted by Crippen LogP contribution is -2.48. The topological polar surface area (TPSA) is 20.3 Å². The van der Waals surface area contributed by atoms with Crippen molar-refractivity contribution in [3.05, 3.63) is 35.9 Å². The number of amides is 1. The molecule has 1 aromatic carbocycles. The average molecular weight is 271 g/mol. The summed E-state index contributed by atoms with van der Waals surface area (Å²) < 4.78 is 0. The second kappa shape index (κ2) is 4.61. The van der Waals surface area contributed by atoms with Gasteiger partial charge >= 0.3 is 0 Å². The number of benzene rings is 1. The van der Waals surface area contributed by atoms with Crippen LogP contribution in [0.1, 0.15) is 45.6 Å². The Morgan fingerprint density at radius 3 is 2.60 bits per heavy atom. The summed E-state index contributed by atoms with van der Waals surface area (Å²) in [6.07, 6.45) is 4.13. The Morgan fingerprint density at radius 1 is 1.20 bits per heavy atom. The summed E-state index contributed by atoms with van der Waals surface area (Å²) in [5, 5.41) is 0. The van der Waals surface area contributed by atoms with E-state index in [2.05, 4.69) is 25.7 Å². The van der Waals surface area contributed by atoms with Crippen molar-refractivity contribution in [1.29, 1.82) is 0 Å². The maximum absolute atomic E-state index is 12.7. The van der Waals surface area contributed by atoms with Gasteiger partial charge in [-0.15, -0.1) is 0 Å². The van der Waals surface area contributed by atoms with Crippen molar-refractivity contribution in [2.24, 2.45) is 11.3 Å². The van der Waals surface area contributed by atoms with E-state index < -0.39 is 0 Å². The molecule has 0 N–H and O–H groups in total. The minimum atomic E-state index is 0.0816. The molecule has 1 aliphatic carbocycles. The van der Waals surface area contributed by atoms with Crippen molar-refractivity contribution >= 4 is 5.91 Å². The summed E-state index contributed by atoms with van der Waals surface area (Å²) in [6.45, 7) is 7.95. The number of hydrogen-bond donors (Lipinski definition) is 0. The molecule has 1 amide bonds. The van der Waals surface area contributed by atoms with E-state index >= 15 is 0 Å². The first-order valence-corrected chi connectivity index (χ1v) is 7.72. The Morgan fingerprint density at radius 2 is 1.90 bits per heavy atom. The molecule has 3 rings (SSSR count). The number of rotatable bonds is 2. The standard InChI is InChI=1S/C18H25NO/c1-17(2)10-15-11-18(3,13-17)19(12-15)16(20)9-14-7-5-4-6-8-14/h4-8,15H,9-13H2,1-3H3/t15-,18-/m0/s1. The van der Waals surface area contributed by atoms with Crippen molar-refractivity contribution in [2.75, 3.05) is 6.54 Å². The largest absolute Gasteiger partial charge is 0.337 e. The summed E-state index contributed by atoms with van der Waals surface area (Å²) in [5.41, 5.74) is 1.58. The lowest BCUT2D eigenvalue weighted by Gasteiger charge is -2.43. The molecule has 20 heavy (non-hydrogen) atoms. The maximum Gasteiger partial charge on any atom is 0.227 e. The van der Waals surface area contributed by atoms with E-state index in [1.807, 2.05) is 30.3 Å². The van der Waals surface area contributed by atoms with Crippen LogP contribution in [-0.2, 0) is 11.2 Å². The molecule has 2 fully saturated rings. The number of nitrogens with zero attached hydrogens (tertiary/aromatic N) is 1. The molecule has 0 radical (unpaired) electrons. The Kier molecular flexibility index (Phi) is 3.15. The monoisotopic (exact) mass is 271 g/mol. The van der Waals surface area contributed by atoms with Gasteiger partial charge in [0, 0.05) is 12.1 Å². The molecule has 108 valence electrons. The summed E-state index contributed by atoms with van der Waals surface area (Å²) in [4.78, 5) is 14.9. The van der Waals surface area contributed by atoms with Gasteiger partial charge in [-0.05, 0) is 43.1 Å². The van der Waals surface area contributed by atoms with Crippen LogP contribution in [0.5, 0.6) is 0 Å². The van der Waals surface area contributed by atoms with Crippen molar-refractivity contribution in [2.45, 2.75) is 52.0 Å². The smallest absolute Gasteiger partial charge is 0.227 e. The number of hydrogen-bond acceptors (Lipinski definition) is 1. The molecule has 2 nitrogen and oxygen atoms in total. The van der Waals surface area contributed by atoms with Crippen LogP contribution in [0, 0.1) is 11.3 Å². The fraction of sp³-hybridized carbons (Fsp3) is 0.611. The molecular formula is C18H25NO. The first-order chi connectivity index (χ1) is 9.38. The van der Waals surface area contributed by atoms with Crippen LogP contribution >= 0.6 is 0 Å². The zero-order valence-electron chi connectivity index (χ0n) is 12.9. The molecule has 1 aliphatic heterocycles. The van der Waals surface area contributed by atoms with Gasteiger partial charge in [0.2, 0.25) is 5.91 Å². The van der Waals surface area contributed by atoms with E-state index in [4.69, 9.17) is 0 Å². The highest BCUT2D eigenvalue weighted by Gasteiger charge is 2.51. The first kappa shape index (κ1) is 13.7. The fourth-order valence-electron chi connectivity index (χ4n) is 4.73. The van der Waals surface area contributed by atoms with Crippen LogP contribution in [0.2, 0.25) is 0 Å². The Labute approximate surface area is 122 Å². The van der Waals surface area contributed by atoms with E-state index in [-0.39, 0.29) is 5.54 Å². The number of carbonyl (C=O) groups excluding carboxylic acids is 1. The molecule has 0 spiro atoms. The quantitative estimate of drug-likeness (QED) is 0.804. The van der Waals surface area contributed by atoms with E-state index in [0.717, 1.165) is 18.5 Å². The zero-order chi connectivity index (χ0) is 14.4. The Hall–Kier alpha value is -1.31. The fourth-order valence-corrected chi connectivity index (χ4v) is 4.73. The lowest BCUT2D eigenvalue weighted by atomic mass is 9.67. The second-order valence-electron chi connectivity index (χ2n) is 7.78. The van der Waals surface area contributed by atoms with Gasteiger partial charge in [-0.25, -0.2) is 0 Å². The van der Waals surface area contributed by atoms with Crippen molar-refractivity contribution in [1.82, 2.24) is 4.90 Å². The van der Waals surface area contributed by atoms with Crippen molar-refractivity contribution in [3.8, 4) is 0 Å². The van der Waals surface area contributed by atoms with Gasteiger partial charge in [-0.2, -0.15) is 0 Å². The molecule has 1 aromatic rings. The van der Waals surface area contributed by atoms with Crippen molar-refractivity contribution < 1.29 is 4.79 Å². The molecule has 0 aromatic heterocycles. The molecule has 0 unspecified atom stereocenters. The predicted octanol–water partition coefficient (Wildman–Crippen LogP) is 3.66.